The topological polar surface area (TPSA) is 86.3 Å². The van der Waals surface area contributed by atoms with Gasteiger partial charge in [-0.1, -0.05) is 12.8 Å². The van der Waals surface area contributed by atoms with Crippen molar-refractivity contribution in [2.75, 3.05) is 19.0 Å². The molecule has 2 atom stereocenters. The van der Waals surface area contributed by atoms with Crippen LogP contribution < -0.4 is 16.6 Å². The minimum absolute atomic E-state index is 0.0564. The van der Waals surface area contributed by atoms with Crippen molar-refractivity contribution in [2.24, 2.45) is 11.7 Å². The van der Waals surface area contributed by atoms with Gasteiger partial charge >= 0.3 is 0 Å². The summed E-state index contributed by atoms with van der Waals surface area (Å²) in [7, 11) is 1.58. The van der Waals surface area contributed by atoms with Crippen molar-refractivity contribution in [3.63, 3.8) is 0 Å². The SMILES string of the molecule is COCCn1cc(NC(=O)C2CCCCC2N)ccc1=O. The van der Waals surface area contributed by atoms with E-state index in [9.17, 15) is 9.59 Å². The Morgan fingerprint density at radius 3 is 2.90 bits per heavy atom. The summed E-state index contributed by atoms with van der Waals surface area (Å²) < 4.78 is 6.50. The number of hydrogen-bond acceptors (Lipinski definition) is 4. The summed E-state index contributed by atoms with van der Waals surface area (Å²) in [4.78, 5) is 24.0. The van der Waals surface area contributed by atoms with Gasteiger partial charge in [-0.05, 0) is 18.9 Å². The van der Waals surface area contributed by atoms with E-state index in [2.05, 4.69) is 5.32 Å². The molecule has 1 fully saturated rings. The van der Waals surface area contributed by atoms with E-state index in [1.807, 2.05) is 0 Å². The van der Waals surface area contributed by atoms with Crippen molar-refractivity contribution >= 4 is 11.6 Å². The van der Waals surface area contributed by atoms with Gasteiger partial charge in [0.25, 0.3) is 5.56 Å². The lowest BCUT2D eigenvalue weighted by molar-refractivity contribution is -0.121. The molecule has 6 nitrogen and oxygen atoms in total. The van der Waals surface area contributed by atoms with Crippen LogP contribution in [0.25, 0.3) is 0 Å². The molecule has 6 heteroatoms. The molecule has 3 N–H and O–H groups in total. The molecule has 1 saturated carbocycles. The highest BCUT2D eigenvalue weighted by atomic mass is 16.5. The van der Waals surface area contributed by atoms with Gasteiger partial charge < -0.3 is 20.4 Å². The molecule has 2 rings (SSSR count). The first-order valence-corrected chi connectivity index (χ1v) is 7.37. The van der Waals surface area contributed by atoms with E-state index < -0.39 is 0 Å². The number of amides is 1. The molecule has 1 aromatic heterocycles. The van der Waals surface area contributed by atoms with Crippen LogP contribution in [0.1, 0.15) is 25.7 Å². The fourth-order valence-electron chi connectivity index (χ4n) is 2.69. The first-order chi connectivity index (χ1) is 10.1. The predicted octanol–water partition coefficient (Wildman–Crippen LogP) is 0.951. The highest BCUT2D eigenvalue weighted by Crippen LogP contribution is 2.24. The third-order valence-electron chi connectivity index (χ3n) is 3.94. The van der Waals surface area contributed by atoms with Gasteiger partial charge in [0.2, 0.25) is 5.91 Å². The minimum Gasteiger partial charge on any atom is -0.383 e. The summed E-state index contributed by atoms with van der Waals surface area (Å²) >= 11 is 0. The largest absolute Gasteiger partial charge is 0.383 e. The Bertz CT molecular complexity index is 541. The molecule has 2 unspecified atom stereocenters. The lowest BCUT2D eigenvalue weighted by Crippen LogP contribution is -2.40. The van der Waals surface area contributed by atoms with Crippen molar-refractivity contribution < 1.29 is 9.53 Å². The number of methoxy groups -OCH3 is 1. The van der Waals surface area contributed by atoms with Gasteiger partial charge in [-0.15, -0.1) is 0 Å². The van der Waals surface area contributed by atoms with Crippen LogP contribution in [0.15, 0.2) is 23.1 Å². The van der Waals surface area contributed by atoms with Crippen LogP contribution in [-0.4, -0.2) is 30.2 Å². The average molecular weight is 293 g/mol. The smallest absolute Gasteiger partial charge is 0.250 e. The fourth-order valence-corrected chi connectivity index (χ4v) is 2.69. The van der Waals surface area contributed by atoms with Crippen LogP contribution in [0, 0.1) is 5.92 Å². The highest BCUT2D eigenvalue weighted by molar-refractivity contribution is 5.92. The van der Waals surface area contributed by atoms with Gasteiger partial charge in [-0.3, -0.25) is 9.59 Å². The van der Waals surface area contributed by atoms with E-state index in [0.29, 0.717) is 18.8 Å². The summed E-state index contributed by atoms with van der Waals surface area (Å²) in [6.45, 7) is 0.910. The molecule has 0 bridgehead atoms. The number of nitrogens with zero attached hydrogens (tertiary/aromatic N) is 1. The number of anilines is 1. The Hall–Kier alpha value is -1.66. The van der Waals surface area contributed by atoms with Crippen molar-refractivity contribution in [2.45, 2.75) is 38.3 Å². The zero-order chi connectivity index (χ0) is 15.2. The molecule has 116 valence electrons. The molecule has 1 heterocycles. The van der Waals surface area contributed by atoms with Crippen LogP contribution in [0.5, 0.6) is 0 Å². The number of nitrogens with one attached hydrogen (secondary N) is 1. The first kappa shape index (κ1) is 15.7. The predicted molar refractivity (Wildman–Crippen MR) is 81.1 cm³/mol. The Balaban J connectivity index is 2.04. The monoisotopic (exact) mass is 293 g/mol. The van der Waals surface area contributed by atoms with Crippen molar-refractivity contribution in [1.82, 2.24) is 4.57 Å². The maximum atomic E-state index is 12.3. The van der Waals surface area contributed by atoms with Gasteiger partial charge in [0.1, 0.15) is 0 Å². The summed E-state index contributed by atoms with van der Waals surface area (Å²) in [5, 5.41) is 2.87. The standard InChI is InChI=1S/C15H23N3O3/c1-21-9-8-18-10-11(6-7-14(18)19)17-15(20)12-4-2-3-5-13(12)16/h6-7,10,12-13H,2-5,8-9,16H2,1H3,(H,17,20). The van der Waals surface area contributed by atoms with Crippen molar-refractivity contribution in [3.8, 4) is 0 Å². The Labute approximate surface area is 124 Å². The molecule has 1 aliphatic carbocycles. The maximum Gasteiger partial charge on any atom is 0.250 e. The quantitative estimate of drug-likeness (QED) is 0.846. The number of carbonyl (C=O) groups excluding carboxylic acids is 1. The van der Waals surface area contributed by atoms with Crippen LogP contribution in [-0.2, 0) is 16.1 Å². The van der Waals surface area contributed by atoms with E-state index in [-0.39, 0.29) is 23.4 Å². The summed E-state index contributed by atoms with van der Waals surface area (Å²) in [6.07, 6.45) is 5.50. The normalized spacial score (nSPS) is 22.0. The first-order valence-electron chi connectivity index (χ1n) is 7.37. The molecule has 0 aromatic carbocycles. The van der Waals surface area contributed by atoms with Crippen LogP contribution in [0.4, 0.5) is 5.69 Å². The molecule has 1 aromatic rings. The third kappa shape index (κ3) is 4.15. The van der Waals surface area contributed by atoms with Gasteiger partial charge in [-0.2, -0.15) is 0 Å². The molecular weight excluding hydrogens is 270 g/mol. The van der Waals surface area contributed by atoms with Gasteiger partial charge in [-0.25, -0.2) is 0 Å². The number of aromatic nitrogens is 1. The summed E-state index contributed by atoms with van der Waals surface area (Å²) in [6, 6.07) is 3.00. The van der Waals surface area contributed by atoms with E-state index in [0.717, 1.165) is 25.7 Å². The molecule has 0 aliphatic heterocycles. The molecule has 0 radical (unpaired) electrons. The molecule has 0 spiro atoms. The van der Waals surface area contributed by atoms with E-state index in [1.54, 1.807) is 19.4 Å². The second kappa shape index (κ2) is 7.38. The van der Waals surface area contributed by atoms with Crippen LogP contribution in [0.2, 0.25) is 0 Å². The van der Waals surface area contributed by atoms with Gasteiger partial charge in [0.15, 0.2) is 0 Å². The van der Waals surface area contributed by atoms with E-state index in [1.165, 1.54) is 10.6 Å². The molecule has 1 aliphatic rings. The molecule has 0 saturated heterocycles. The minimum atomic E-state index is -0.141. The van der Waals surface area contributed by atoms with Gasteiger partial charge in [0, 0.05) is 32.0 Å². The Morgan fingerprint density at radius 1 is 1.43 bits per heavy atom. The zero-order valence-corrected chi connectivity index (χ0v) is 12.4. The lowest BCUT2D eigenvalue weighted by atomic mass is 9.84. The van der Waals surface area contributed by atoms with E-state index >= 15 is 0 Å². The van der Waals surface area contributed by atoms with Crippen LogP contribution >= 0.6 is 0 Å². The number of hydrogen-bond donors (Lipinski definition) is 2. The number of rotatable bonds is 5. The fraction of sp³-hybridized carbons (Fsp3) is 0.600. The third-order valence-corrected chi connectivity index (χ3v) is 3.94. The Morgan fingerprint density at radius 2 is 2.19 bits per heavy atom. The molecule has 21 heavy (non-hydrogen) atoms. The lowest BCUT2D eigenvalue weighted by Gasteiger charge is -2.27. The van der Waals surface area contributed by atoms with E-state index in [4.69, 9.17) is 10.5 Å². The second-order valence-electron chi connectivity index (χ2n) is 5.49. The van der Waals surface area contributed by atoms with Crippen molar-refractivity contribution in [1.29, 1.82) is 0 Å². The number of carbonyl (C=O) groups is 1. The zero-order valence-electron chi connectivity index (χ0n) is 12.4. The number of pyridine rings is 1. The van der Waals surface area contributed by atoms with Crippen molar-refractivity contribution in [3.05, 3.63) is 28.7 Å². The maximum absolute atomic E-state index is 12.3. The number of nitrogens with two attached hydrogens (primary N) is 1. The van der Waals surface area contributed by atoms with Crippen LogP contribution in [0.3, 0.4) is 0 Å². The molecule has 1 amide bonds. The van der Waals surface area contributed by atoms with Gasteiger partial charge in [0.05, 0.1) is 18.2 Å². The summed E-state index contributed by atoms with van der Waals surface area (Å²) in [5.74, 6) is -0.197. The second-order valence-corrected chi connectivity index (χ2v) is 5.49. The molecular formula is C15H23N3O3. The highest BCUT2D eigenvalue weighted by Gasteiger charge is 2.28. The number of ether oxygens (including phenoxy) is 1. The summed E-state index contributed by atoms with van der Waals surface area (Å²) in [5.41, 5.74) is 6.53. The average Bonchev–Trinajstić information content (AvgIpc) is 2.48. The Kier molecular flexibility index (Phi) is 5.52.